The van der Waals surface area contributed by atoms with Crippen LogP contribution < -0.4 is 9.47 Å². The second-order valence-corrected chi connectivity index (χ2v) is 4.71. The van der Waals surface area contributed by atoms with Gasteiger partial charge in [0, 0.05) is 6.54 Å². The molecular formula is C16H19NO3. The number of hydrogen-bond acceptors (Lipinski definition) is 3. The fourth-order valence-electron chi connectivity index (χ4n) is 2.60. The van der Waals surface area contributed by atoms with E-state index in [9.17, 15) is 4.79 Å². The Morgan fingerprint density at radius 3 is 2.55 bits per heavy atom. The van der Waals surface area contributed by atoms with E-state index >= 15 is 0 Å². The van der Waals surface area contributed by atoms with E-state index in [0.29, 0.717) is 12.3 Å². The Labute approximate surface area is 119 Å². The van der Waals surface area contributed by atoms with Gasteiger partial charge in [-0.15, -0.1) is 0 Å². The molecule has 4 nitrogen and oxygen atoms in total. The summed E-state index contributed by atoms with van der Waals surface area (Å²) < 4.78 is 10.7. The van der Waals surface area contributed by atoms with Gasteiger partial charge in [-0.2, -0.15) is 0 Å². The average Bonchev–Trinajstić information content (AvgIpc) is 2.46. The highest BCUT2D eigenvalue weighted by molar-refractivity contribution is 5.94. The van der Waals surface area contributed by atoms with E-state index in [-0.39, 0.29) is 11.9 Å². The zero-order valence-corrected chi connectivity index (χ0v) is 12.3. The molecular weight excluding hydrogens is 254 g/mol. The van der Waals surface area contributed by atoms with Crippen LogP contribution in [-0.4, -0.2) is 31.6 Å². The quantitative estimate of drug-likeness (QED) is 0.775. The van der Waals surface area contributed by atoms with Gasteiger partial charge in [0.1, 0.15) is 0 Å². The SMILES string of the molecule is CC#CC(=O)N1CCc2cc(OC)c(OC)cc2C1C. The fourth-order valence-corrected chi connectivity index (χ4v) is 2.60. The van der Waals surface area contributed by atoms with Gasteiger partial charge >= 0.3 is 0 Å². The molecule has 1 amide bonds. The van der Waals surface area contributed by atoms with Crippen LogP contribution >= 0.6 is 0 Å². The first-order chi connectivity index (χ1) is 9.62. The van der Waals surface area contributed by atoms with Crippen molar-refractivity contribution in [2.24, 2.45) is 0 Å². The summed E-state index contributed by atoms with van der Waals surface area (Å²) in [4.78, 5) is 13.8. The van der Waals surface area contributed by atoms with Gasteiger partial charge in [0.2, 0.25) is 0 Å². The van der Waals surface area contributed by atoms with Crippen LogP contribution in [0.25, 0.3) is 0 Å². The Balaban J connectivity index is 2.40. The molecule has 0 radical (unpaired) electrons. The maximum atomic E-state index is 12.0. The second-order valence-electron chi connectivity index (χ2n) is 4.71. The predicted molar refractivity (Wildman–Crippen MR) is 76.8 cm³/mol. The van der Waals surface area contributed by atoms with E-state index in [1.54, 1.807) is 26.0 Å². The molecule has 0 fully saturated rings. The molecule has 1 aliphatic rings. The van der Waals surface area contributed by atoms with Gasteiger partial charge in [0.25, 0.3) is 5.91 Å². The molecule has 0 saturated heterocycles. The van der Waals surface area contributed by atoms with Crippen molar-refractivity contribution in [3.05, 3.63) is 23.3 Å². The lowest BCUT2D eigenvalue weighted by Crippen LogP contribution is -2.38. The smallest absolute Gasteiger partial charge is 0.298 e. The lowest BCUT2D eigenvalue weighted by atomic mass is 9.92. The molecule has 2 rings (SSSR count). The Hall–Kier alpha value is -2.15. The Morgan fingerprint density at radius 2 is 1.95 bits per heavy atom. The summed E-state index contributed by atoms with van der Waals surface area (Å²) in [7, 11) is 3.24. The van der Waals surface area contributed by atoms with Crippen LogP contribution in [0.1, 0.15) is 31.0 Å². The highest BCUT2D eigenvalue weighted by Gasteiger charge is 2.28. The zero-order valence-electron chi connectivity index (χ0n) is 12.3. The molecule has 20 heavy (non-hydrogen) atoms. The molecule has 1 aliphatic heterocycles. The van der Waals surface area contributed by atoms with Gasteiger partial charge in [-0.3, -0.25) is 4.79 Å². The van der Waals surface area contributed by atoms with Crippen LogP contribution in [0.15, 0.2) is 12.1 Å². The van der Waals surface area contributed by atoms with Crippen molar-refractivity contribution in [2.75, 3.05) is 20.8 Å². The summed E-state index contributed by atoms with van der Waals surface area (Å²) in [5.74, 6) is 6.57. The van der Waals surface area contributed by atoms with E-state index in [1.165, 1.54) is 5.56 Å². The molecule has 0 aromatic heterocycles. The maximum absolute atomic E-state index is 12.0. The summed E-state index contributed by atoms with van der Waals surface area (Å²) in [5, 5.41) is 0. The molecule has 1 heterocycles. The van der Waals surface area contributed by atoms with Crippen molar-refractivity contribution in [3.8, 4) is 23.3 Å². The van der Waals surface area contributed by atoms with Crippen molar-refractivity contribution in [1.29, 1.82) is 0 Å². The number of ether oxygens (including phenoxy) is 2. The summed E-state index contributed by atoms with van der Waals surface area (Å²) in [6.07, 6.45) is 0.803. The molecule has 4 heteroatoms. The largest absolute Gasteiger partial charge is 0.493 e. The van der Waals surface area contributed by atoms with Crippen LogP contribution in [0.2, 0.25) is 0 Å². The van der Waals surface area contributed by atoms with Gasteiger partial charge in [0.05, 0.1) is 20.3 Å². The van der Waals surface area contributed by atoms with Gasteiger partial charge in [-0.25, -0.2) is 0 Å². The Kier molecular flexibility index (Phi) is 4.19. The molecule has 0 N–H and O–H groups in total. The number of rotatable bonds is 2. The minimum atomic E-state index is -0.125. The summed E-state index contributed by atoms with van der Waals surface area (Å²) in [5.41, 5.74) is 2.30. The predicted octanol–water partition coefficient (Wildman–Crippen LogP) is 2.17. The molecule has 0 aliphatic carbocycles. The van der Waals surface area contributed by atoms with Crippen LogP contribution in [0.3, 0.4) is 0 Å². The molecule has 0 spiro atoms. The molecule has 1 aromatic rings. The summed E-state index contributed by atoms with van der Waals surface area (Å²) in [6.45, 7) is 4.37. The van der Waals surface area contributed by atoms with Crippen LogP contribution in [0.5, 0.6) is 11.5 Å². The number of hydrogen-bond donors (Lipinski definition) is 0. The lowest BCUT2D eigenvalue weighted by Gasteiger charge is -2.34. The second kappa shape index (κ2) is 5.87. The number of fused-ring (bicyclic) bond motifs is 1. The first kappa shape index (κ1) is 14.3. The number of nitrogens with zero attached hydrogens (tertiary/aromatic N) is 1. The van der Waals surface area contributed by atoms with Crippen molar-refractivity contribution in [2.45, 2.75) is 26.3 Å². The van der Waals surface area contributed by atoms with Crippen molar-refractivity contribution < 1.29 is 14.3 Å². The Bertz CT molecular complexity index is 583. The number of carbonyl (C=O) groups excluding carboxylic acids is 1. The first-order valence-corrected chi connectivity index (χ1v) is 6.60. The highest BCUT2D eigenvalue weighted by atomic mass is 16.5. The maximum Gasteiger partial charge on any atom is 0.298 e. The van der Waals surface area contributed by atoms with Gasteiger partial charge in [-0.05, 0) is 49.4 Å². The molecule has 1 unspecified atom stereocenters. The molecule has 1 aromatic carbocycles. The van der Waals surface area contributed by atoms with Crippen LogP contribution in [0.4, 0.5) is 0 Å². The molecule has 106 valence electrons. The van der Waals surface area contributed by atoms with Gasteiger partial charge < -0.3 is 14.4 Å². The van der Waals surface area contributed by atoms with Crippen molar-refractivity contribution in [3.63, 3.8) is 0 Å². The number of benzene rings is 1. The summed E-state index contributed by atoms with van der Waals surface area (Å²) in [6, 6.07) is 3.95. The van der Waals surface area contributed by atoms with Crippen molar-refractivity contribution >= 4 is 5.91 Å². The molecule has 1 atom stereocenters. The minimum Gasteiger partial charge on any atom is -0.493 e. The standard InChI is InChI=1S/C16H19NO3/c1-5-6-16(18)17-8-7-12-9-14(19-3)15(20-4)10-13(12)11(17)2/h9-11H,7-8H2,1-4H3. The van der Waals surface area contributed by atoms with Gasteiger partial charge in [0.15, 0.2) is 11.5 Å². The van der Waals surface area contributed by atoms with Crippen molar-refractivity contribution in [1.82, 2.24) is 4.90 Å². The third-order valence-corrected chi connectivity index (χ3v) is 3.68. The van der Waals surface area contributed by atoms with E-state index < -0.39 is 0 Å². The third-order valence-electron chi connectivity index (χ3n) is 3.68. The highest BCUT2D eigenvalue weighted by Crippen LogP contribution is 2.37. The minimum absolute atomic E-state index is 0.00749. The van der Waals surface area contributed by atoms with E-state index in [0.717, 1.165) is 17.7 Å². The third kappa shape index (κ3) is 2.44. The summed E-state index contributed by atoms with van der Waals surface area (Å²) >= 11 is 0. The average molecular weight is 273 g/mol. The van der Waals surface area contributed by atoms with E-state index in [1.807, 2.05) is 19.1 Å². The lowest BCUT2D eigenvalue weighted by molar-refractivity contribution is -0.127. The molecule has 0 saturated carbocycles. The number of carbonyl (C=O) groups is 1. The van der Waals surface area contributed by atoms with E-state index in [2.05, 4.69) is 11.8 Å². The van der Waals surface area contributed by atoms with E-state index in [4.69, 9.17) is 9.47 Å². The Morgan fingerprint density at radius 1 is 1.30 bits per heavy atom. The van der Waals surface area contributed by atoms with Crippen LogP contribution in [0, 0.1) is 11.8 Å². The number of amides is 1. The normalized spacial score (nSPS) is 16.8. The fraction of sp³-hybridized carbons (Fsp3) is 0.438. The molecule has 0 bridgehead atoms. The monoisotopic (exact) mass is 273 g/mol. The van der Waals surface area contributed by atoms with Gasteiger partial charge in [-0.1, -0.05) is 5.92 Å². The zero-order chi connectivity index (χ0) is 14.7. The first-order valence-electron chi connectivity index (χ1n) is 6.60. The topological polar surface area (TPSA) is 38.8 Å². The number of methoxy groups -OCH3 is 2. The van der Waals surface area contributed by atoms with Crippen LogP contribution in [-0.2, 0) is 11.2 Å².